The van der Waals surface area contributed by atoms with Crippen LogP contribution in [0.3, 0.4) is 0 Å². The first kappa shape index (κ1) is 14.0. The maximum atomic E-state index is 2.66. The van der Waals surface area contributed by atoms with E-state index in [2.05, 4.69) is 41.5 Å². The Labute approximate surface area is 120 Å². The van der Waals surface area contributed by atoms with Crippen molar-refractivity contribution in [2.75, 3.05) is 0 Å². The van der Waals surface area contributed by atoms with E-state index in [-0.39, 0.29) is 0 Å². The molecule has 0 aromatic rings. The Kier molecular flexibility index (Phi) is 2.95. The molecule has 3 saturated carbocycles. The highest BCUT2D eigenvalue weighted by molar-refractivity contribution is 5.32. The van der Waals surface area contributed by atoms with Crippen molar-refractivity contribution in [3.63, 3.8) is 0 Å². The SMILES string of the molecule is CCC(CC)CC(C)C1(C)CC2(C)CC3CC(C)C321. The summed E-state index contributed by atoms with van der Waals surface area (Å²) in [4.78, 5) is 0. The molecule has 0 aromatic carbocycles. The molecule has 0 N–H and O–H groups in total. The molecule has 3 aliphatic rings. The van der Waals surface area contributed by atoms with Crippen LogP contribution in [0.2, 0.25) is 0 Å². The van der Waals surface area contributed by atoms with Gasteiger partial charge in [-0.05, 0) is 65.6 Å². The minimum Gasteiger partial charge on any atom is -0.0651 e. The lowest BCUT2D eigenvalue weighted by Crippen LogP contribution is -2.83. The molecule has 0 aliphatic heterocycles. The van der Waals surface area contributed by atoms with Crippen LogP contribution in [-0.2, 0) is 0 Å². The summed E-state index contributed by atoms with van der Waals surface area (Å²) in [5.41, 5.74) is 2.14. The minimum absolute atomic E-state index is 0.658. The fraction of sp³-hybridized carbons (Fsp3) is 1.00. The number of hydrogen-bond acceptors (Lipinski definition) is 0. The van der Waals surface area contributed by atoms with Gasteiger partial charge in [0.25, 0.3) is 0 Å². The minimum atomic E-state index is 0.658. The smallest absolute Gasteiger partial charge is 0.0132 e. The van der Waals surface area contributed by atoms with Crippen molar-refractivity contribution in [3.8, 4) is 0 Å². The van der Waals surface area contributed by atoms with Crippen molar-refractivity contribution < 1.29 is 0 Å². The van der Waals surface area contributed by atoms with Crippen LogP contribution >= 0.6 is 0 Å². The maximum Gasteiger partial charge on any atom is -0.0132 e. The first-order valence-corrected chi connectivity index (χ1v) is 8.85. The first-order valence-electron chi connectivity index (χ1n) is 8.85. The van der Waals surface area contributed by atoms with Crippen LogP contribution in [0.1, 0.15) is 80.1 Å². The van der Waals surface area contributed by atoms with Crippen LogP contribution < -0.4 is 0 Å². The van der Waals surface area contributed by atoms with Gasteiger partial charge in [0, 0.05) is 0 Å². The van der Waals surface area contributed by atoms with Gasteiger partial charge in [0.05, 0.1) is 0 Å². The predicted octanol–water partition coefficient (Wildman–Crippen LogP) is 5.91. The van der Waals surface area contributed by atoms with Gasteiger partial charge in [-0.1, -0.05) is 54.4 Å². The fourth-order valence-corrected chi connectivity index (χ4v) is 7.71. The zero-order valence-electron chi connectivity index (χ0n) is 14.1. The van der Waals surface area contributed by atoms with Gasteiger partial charge in [0.1, 0.15) is 0 Å². The van der Waals surface area contributed by atoms with Crippen LogP contribution in [0.15, 0.2) is 0 Å². The molecule has 0 aromatic heterocycles. The van der Waals surface area contributed by atoms with Gasteiger partial charge in [0.15, 0.2) is 0 Å². The Morgan fingerprint density at radius 3 is 2.21 bits per heavy atom. The molecule has 0 nitrogen and oxygen atoms in total. The van der Waals surface area contributed by atoms with E-state index in [1.807, 2.05) is 0 Å². The molecule has 0 heteroatoms. The quantitative estimate of drug-likeness (QED) is 0.577. The van der Waals surface area contributed by atoms with Crippen molar-refractivity contribution in [2.45, 2.75) is 80.1 Å². The van der Waals surface area contributed by atoms with Crippen molar-refractivity contribution in [2.24, 2.45) is 39.9 Å². The Balaban J connectivity index is 1.78. The molecule has 19 heavy (non-hydrogen) atoms. The highest BCUT2D eigenvalue weighted by atomic mass is 14.9. The molecule has 110 valence electrons. The first-order chi connectivity index (χ1) is 8.85. The molecule has 0 amide bonds. The van der Waals surface area contributed by atoms with Gasteiger partial charge in [0.2, 0.25) is 0 Å². The molecule has 3 rings (SSSR count). The molecule has 0 heterocycles. The lowest BCUT2D eigenvalue weighted by atomic mass is 9.15. The second-order valence-electron chi connectivity index (χ2n) is 8.88. The highest BCUT2D eigenvalue weighted by Crippen LogP contribution is 2.91. The summed E-state index contributed by atoms with van der Waals surface area (Å²) in [6.07, 6.45) is 8.82. The zero-order valence-corrected chi connectivity index (χ0v) is 14.1. The summed E-state index contributed by atoms with van der Waals surface area (Å²) in [6.45, 7) is 15.1. The summed E-state index contributed by atoms with van der Waals surface area (Å²) < 4.78 is 0. The third kappa shape index (κ3) is 1.32. The second kappa shape index (κ2) is 4.01. The van der Waals surface area contributed by atoms with Crippen LogP contribution in [0.25, 0.3) is 0 Å². The van der Waals surface area contributed by atoms with Gasteiger partial charge >= 0.3 is 0 Å². The van der Waals surface area contributed by atoms with E-state index in [1.54, 1.807) is 6.42 Å². The van der Waals surface area contributed by atoms with E-state index in [1.165, 1.54) is 32.1 Å². The highest BCUT2D eigenvalue weighted by Gasteiger charge is 2.84. The Morgan fingerprint density at radius 1 is 1.16 bits per heavy atom. The van der Waals surface area contributed by atoms with Gasteiger partial charge in [-0.25, -0.2) is 0 Å². The third-order valence-electron chi connectivity index (χ3n) is 8.39. The standard InChI is InChI=1S/C19H34/c1-7-15(8-2)9-13(3)18(6)12-17(5)11-16-10-14(4)19(16,17)18/h13-16H,7-12H2,1-6H3. The van der Waals surface area contributed by atoms with Crippen LogP contribution in [0.5, 0.6) is 0 Å². The van der Waals surface area contributed by atoms with E-state index in [4.69, 9.17) is 0 Å². The van der Waals surface area contributed by atoms with Crippen molar-refractivity contribution in [1.29, 1.82) is 0 Å². The third-order valence-corrected chi connectivity index (χ3v) is 8.39. The molecular formula is C19H34. The van der Waals surface area contributed by atoms with E-state index in [0.717, 1.165) is 34.5 Å². The van der Waals surface area contributed by atoms with Gasteiger partial charge in [-0.15, -0.1) is 0 Å². The van der Waals surface area contributed by atoms with E-state index >= 15 is 0 Å². The predicted molar refractivity (Wildman–Crippen MR) is 83.0 cm³/mol. The molecular weight excluding hydrogens is 228 g/mol. The monoisotopic (exact) mass is 262 g/mol. The van der Waals surface area contributed by atoms with Crippen LogP contribution in [0, 0.1) is 39.9 Å². The average molecular weight is 262 g/mol. The molecule has 3 fully saturated rings. The van der Waals surface area contributed by atoms with Crippen molar-refractivity contribution in [1.82, 2.24) is 0 Å². The number of hydrogen-bond donors (Lipinski definition) is 0. The Bertz CT molecular complexity index is 362. The number of rotatable bonds is 5. The molecule has 0 radical (unpaired) electrons. The molecule has 0 bridgehead atoms. The van der Waals surface area contributed by atoms with E-state index < -0.39 is 0 Å². The van der Waals surface area contributed by atoms with Crippen LogP contribution in [0.4, 0.5) is 0 Å². The summed E-state index contributed by atoms with van der Waals surface area (Å²) in [5.74, 6) is 3.98. The van der Waals surface area contributed by atoms with Crippen LogP contribution in [-0.4, -0.2) is 0 Å². The Morgan fingerprint density at radius 2 is 1.79 bits per heavy atom. The second-order valence-corrected chi connectivity index (χ2v) is 8.88. The summed E-state index contributed by atoms with van der Waals surface area (Å²) >= 11 is 0. The average Bonchev–Trinajstić information content (AvgIpc) is 2.32. The lowest BCUT2D eigenvalue weighted by molar-refractivity contribution is -0.410. The van der Waals surface area contributed by atoms with Crippen molar-refractivity contribution >= 4 is 0 Å². The van der Waals surface area contributed by atoms with E-state index in [9.17, 15) is 0 Å². The van der Waals surface area contributed by atoms with E-state index in [0.29, 0.717) is 5.41 Å². The van der Waals surface area contributed by atoms with Gasteiger partial charge in [-0.2, -0.15) is 0 Å². The summed E-state index contributed by atoms with van der Waals surface area (Å²) in [5, 5.41) is 0. The molecule has 1 spiro atoms. The lowest BCUT2D eigenvalue weighted by Gasteiger charge is -2.89. The Hall–Kier alpha value is 0. The molecule has 6 atom stereocenters. The summed E-state index contributed by atoms with van der Waals surface area (Å²) in [6, 6.07) is 0. The molecule has 0 saturated heterocycles. The van der Waals surface area contributed by atoms with Crippen molar-refractivity contribution in [3.05, 3.63) is 0 Å². The van der Waals surface area contributed by atoms with Gasteiger partial charge < -0.3 is 0 Å². The molecule has 3 aliphatic carbocycles. The molecule has 6 unspecified atom stereocenters. The topological polar surface area (TPSA) is 0 Å². The summed E-state index contributed by atoms with van der Waals surface area (Å²) in [7, 11) is 0. The maximum absolute atomic E-state index is 2.66. The van der Waals surface area contributed by atoms with Gasteiger partial charge in [-0.3, -0.25) is 0 Å². The fourth-order valence-electron chi connectivity index (χ4n) is 7.71. The zero-order chi connectivity index (χ0) is 14.1. The largest absolute Gasteiger partial charge is 0.0651 e. The normalized spacial score (nSPS) is 52.6.